The first kappa shape index (κ1) is 17.6. The predicted octanol–water partition coefficient (Wildman–Crippen LogP) is 3.59. The molecule has 0 atom stereocenters. The number of benzene rings is 1. The fourth-order valence-corrected chi connectivity index (χ4v) is 3.86. The first-order chi connectivity index (χ1) is 13.9. The van der Waals surface area contributed by atoms with Crippen molar-refractivity contribution in [3.05, 3.63) is 63.7 Å². The Morgan fingerprint density at radius 2 is 2.07 bits per heavy atom. The van der Waals surface area contributed by atoms with Gasteiger partial charge in [-0.25, -0.2) is 13.6 Å². The van der Waals surface area contributed by atoms with E-state index >= 15 is 4.39 Å². The minimum absolute atomic E-state index is 0.0458. The molecule has 9 heteroatoms. The summed E-state index contributed by atoms with van der Waals surface area (Å²) in [6.07, 6.45) is 2.65. The van der Waals surface area contributed by atoms with E-state index in [9.17, 15) is 14.0 Å². The van der Waals surface area contributed by atoms with Crippen molar-refractivity contribution in [3.8, 4) is 5.75 Å². The number of nitrogens with zero attached hydrogens (tertiary/aromatic N) is 3. The standard InChI is InChI=1S/C20H15F2N3O4/c21-13-6-12-17(25(11-3-4-11)9-15(19(12)26)29-20(27)28)16(22)18(13)24-7-10-2-1-5-23-14(10)8-24/h1-2,5-6,9,11H,3-4,7-8H2,(H,27,28). The molecule has 1 N–H and O–H groups in total. The maximum Gasteiger partial charge on any atom is 0.511 e. The van der Waals surface area contributed by atoms with Crippen LogP contribution in [0.25, 0.3) is 10.9 Å². The maximum absolute atomic E-state index is 15.6. The Morgan fingerprint density at radius 3 is 2.76 bits per heavy atom. The van der Waals surface area contributed by atoms with E-state index in [4.69, 9.17) is 5.11 Å². The molecule has 1 aromatic carbocycles. The zero-order chi connectivity index (χ0) is 20.3. The number of fused-ring (bicyclic) bond motifs is 2. The Morgan fingerprint density at radius 1 is 1.28 bits per heavy atom. The molecule has 3 heterocycles. The Hall–Kier alpha value is -3.49. The molecule has 0 unspecified atom stereocenters. The summed E-state index contributed by atoms with van der Waals surface area (Å²) in [4.78, 5) is 29.3. The zero-order valence-electron chi connectivity index (χ0n) is 15.1. The van der Waals surface area contributed by atoms with E-state index in [1.165, 1.54) is 10.8 Å². The van der Waals surface area contributed by atoms with Crippen LogP contribution in [0.4, 0.5) is 19.3 Å². The van der Waals surface area contributed by atoms with Crippen molar-refractivity contribution < 1.29 is 23.4 Å². The van der Waals surface area contributed by atoms with E-state index in [1.807, 2.05) is 6.07 Å². The first-order valence-electron chi connectivity index (χ1n) is 9.09. The van der Waals surface area contributed by atoms with Crippen LogP contribution in [0.15, 0.2) is 35.4 Å². The van der Waals surface area contributed by atoms with Crippen LogP contribution < -0.4 is 15.1 Å². The van der Waals surface area contributed by atoms with Crippen LogP contribution in [0.1, 0.15) is 30.1 Å². The van der Waals surface area contributed by atoms with Crippen LogP contribution >= 0.6 is 0 Å². The van der Waals surface area contributed by atoms with Crippen molar-refractivity contribution in [1.82, 2.24) is 9.55 Å². The normalized spacial score (nSPS) is 15.6. The highest BCUT2D eigenvalue weighted by molar-refractivity contribution is 5.86. The number of carbonyl (C=O) groups is 1. The van der Waals surface area contributed by atoms with E-state index in [0.717, 1.165) is 30.2 Å². The predicted molar refractivity (Wildman–Crippen MR) is 99.2 cm³/mol. The fourth-order valence-electron chi connectivity index (χ4n) is 3.86. The second-order valence-electron chi connectivity index (χ2n) is 7.21. The average Bonchev–Trinajstić information content (AvgIpc) is 3.43. The van der Waals surface area contributed by atoms with Crippen molar-refractivity contribution in [1.29, 1.82) is 0 Å². The zero-order valence-corrected chi connectivity index (χ0v) is 15.1. The Labute approximate surface area is 162 Å². The average molecular weight is 399 g/mol. The molecule has 1 fully saturated rings. The van der Waals surface area contributed by atoms with E-state index in [-0.39, 0.29) is 29.2 Å². The van der Waals surface area contributed by atoms with Gasteiger partial charge in [0.1, 0.15) is 11.5 Å². The smallest absolute Gasteiger partial charge is 0.449 e. The van der Waals surface area contributed by atoms with Gasteiger partial charge < -0.3 is 19.3 Å². The number of hydrogen-bond acceptors (Lipinski definition) is 5. The molecule has 148 valence electrons. The molecule has 0 amide bonds. The van der Waals surface area contributed by atoms with Gasteiger partial charge >= 0.3 is 6.16 Å². The number of carboxylic acid groups (broad SMARTS) is 1. The van der Waals surface area contributed by atoms with E-state index in [2.05, 4.69) is 9.72 Å². The van der Waals surface area contributed by atoms with Gasteiger partial charge in [0.25, 0.3) is 0 Å². The summed E-state index contributed by atoms with van der Waals surface area (Å²) < 4.78 is 36.6. The summed E-state index contributed by atoms with van der Waals surface area (Å²) in [7, 11) is 0. The second kappa shape index (κ2) is 6.26. The van der Waals surface area contributed by atoms with Gasteiger partial charge in [0.15, 0.2) is 11.6 Å². The molecule has 0 bridgehead atoms. The summed E-state index contributed by atoms with van der Waals surface area (Å²) in [5.41, 5.74) is 0.495. The van der Waals surface area contributed by atoms with Gasteiger partial charge in [0, 0.05) is 18.8 Å². The van der Waals surface area contributed by atoms with Crippen molar-refractivity contribution in [2.45, 2.75) is 32.0 Å². The van der Waals surface area contributed by atoms with Gasteiger partial charge in [0.2, 0.25) is 5.43 Å². The molecule has 3 aromatic rings. The van der Waals surface area contributed by atoms with Crippen LogP contribution in [-0.2, 0) is 13.1 Å². The van der Waals surface area contributed by atoms with Gasteiger partial charge in [-0.15, -0.1) is 0 Å². The van der Waals surface area contributed by atoms with Gasteiger partial charge in [-0.3, -0.25) is 9.78 Å². The molecule has 5 rings (SSSR count). The SMILES string of the molecule is O=C(O)Oc1cn(C2CC2)c2c(F)c(N3Cc4cccnc4C3)c(F)cc2c1=O. The fraction of sp³-hybridized carbons (Fsp3) is 0.250. The number of aromatic nitrogens is 2. The first-order valence-corrected chi connectivity index (χ1v) is 9.09. The van der Waals surface area contributed by atoms with E-state index in [1.54, 1.807) is 17.2 Å². The number of pyridine rings is 2. The lowest BCUT2D eigenvalue weighted by Gasteiger charge is -2.21. The molecule has 0 spiro atoms. The highest BCUT2D eigenvalue weighted by atomic mass is 19.1. The molecule has 1 saturated carbocycles. The lowest BCUT2D eigenvalue weighted by molar-refractivity contribution is 0.143. The third-order valence-corrected chi connectivity index (χ3v) is 5.29. The Balaban J connectivity index is 1.71. The van der Waals surface area contributed by atoms with Crippen LogP contribution in [0.3, 0.4) is 0 Å². The van der Waals surface area contributed by atoms with Gasteiger partial charge in [-0.2, -0.15) is 0 Å². The summed E-state index contributed by atoms with van der Waals surface area (Å²) in [5, 5.41) is 8.61. The van der Waals surface area contributed by atoms with Crippen LogP contribution in [0.5, 0.6) is 5.75 Å². The number of ether oxygens (including phenoxy) is 1. The largest absolute Gasteiger partial charge is 0.511 e. The van der Waals surface area contributed by atoms with Gasteiger partial charge in [0.05, 0.1) is 29.3 Å². The van der Waals surface area contributed by atoms with Crippen LogP contribution in [0, 0.1) is 11.6 Å². The highest BCUT2D eigenvalue weighted by Crippen LogP contribution is 2.41. The third-order valence-electron chi connectivity index (χ3n) is 5.29. The molecule has 29 heavy (non-hydrogen) atoms. The number of halogens is 2. The number of hydrogen-bond donors (Lipinski definition) is 1. The van der Waals surface area contributed by atoms with Crippen molar-refractivity contribution in [2.24, 2.45) is 0 Å². The number of anilines is 1. The summed E-state index contributed by atoms with van der Waals surface area (Å²) in [6.45, 7) is 0.555. The molecular formula is C20H15F2N3O4. The molecule has 0 saturated heterocycles. The summed E-state index contributed by atoms with van der Waals surface area (Å²) in [6, 6.07) is 4.48. The van der Waals surface area contributed by atoms with Crippen LogP contribution in [0.2, 0.25) is 0 Å². The quantitative estimate of drug-likeness (QED) is 0.678. The van der Waals surface area contributed by atoms with Gasteiger partial charge in [-0.1, -0.05) is 6.07 Å². The van der Waals surface area contributed by atoms with Crippen molar-refractivity contribution in [3.63, 3.8) is 0 Å². The minimum Gasteiger partial charge on any atom is -0.449 e. The Bertz CT molecular complexity index is 1210. The van der Waals surface area contributed by atoms with Crippen molar-refractivity contribution in [2.75, 3.05) is 4.90 Å². The van der Waals surface area contributed by atoms with E-state index < -0.39 is 29.0 Å². The molecule has 1 aliphatic carbocycles. The third kappa shape index (κ3) is 2.81. The lowest BCUT2D eigenvalue weighted by atomic mass is 10.1. The molecule has 0 radical (unpaired) electrons. The Kier molecular flexibility index (Phi) is 3.80. The van der Waals surface area contributed by atoms with Gasteiger partial charge in [-0.05, 0) is 30.5 Å². The summed E-state index contributed by atoms with van der Waals surface area (Å²) >= 11 is 0. The second-order valence-corrected chi connectivity index (χ2v) is 7.21. The molecule has 2 aliphatic rings. The van der Waals surface area contributed by atoms with E-state index in [0.29, 0.717) is 6.54 Å². The van der Waals surface area contributed by atoms with Crippen molar-refractivity contribution >= 4 is 22.7 Å². The maximum atomic E-state index is 15.6. The highest BCUT2D eigenvalue weighted by Gasteiger charge is 2.32. The lowest BCUT2D eigenvalue weighted by Crippen LogP contribution is -2.21. The molecule has 7 nitrogen and oxygen atoms in total. The monoisotopic (exact) mass is 399 g/mol. The topological polar surface area (TPSA) is 84.7 Å². The molecule has 1 aliphatic heterocycles. The number of rotatable bonds is 3. The van der Waals surface area contributed by atoms with Crippen LogP contribution in [-0.4, -0.2) is 20.8 Å². The minimum atomic E-state index is -1.66. The summed E-state index contributed by atoms with van der Waals surface area (Å²) in [5.74, 6) is -2.21. The molecule has 2 aromatic heterocycles. The molecular weight excluding hydrogens is 384 g/mol.